The van der Waals surface area contributed by atoms with Gasteiger partial charge in [0.1, 0.15) is 11.3 Å². The van der Waals surface area contributed by atoms with Crippen LogP contribution in [0.25, 0.3) is 11.0 Å². The van der Waals surface area contributed by atoms with E-state index in [0.29, 0.717) is 16.2 Å². The van der Waals surface area contributed by atoms with Crippen molar-refractivity contribution in [3.05, 3.63) is 22.4 Å². The van der Waals surface area contributed by atoms with Crippen LogP contribution in [0.3, 0.4) is 0 Å². The zero-order valence-corrected chi connectivity index (χ0v) is 15.0. The van der Waals surface area contributed by atoms with Crippen LogP contribution in [0, 0.1) is 12.0 Å². The summed E-state index contributed by atoms with van der Waals surface area (Å²) in [6.45, 7) is 2.99. The third-order valence-corrected chi connectivity index (χ3v) is 5.65. The number of hydrogen-bond donors (Lipinski definition) is 3. The third-order valence-electron chi connectivity index (χ3n) is 4.90. The van der Waals surface area contributed by atoms with Crippen molar-refractivity contribution in [2.24, 2.45) is 11.7 Å². The van der Waals surface area contributed by atoms with Crippen molar-refractivity contribution in [2.45, 2.75) is 31.7 Å². The number of halogens is 1. The molecular weight excluding hydrogens is 370 g/mol. The predicted octanol–water partition coefficient (Wildman–Crippen LogP) is 2.19. The lowest BCUT2D eigenvalue weighted by atomic mass is 10.0. The van der Waals surface area contributed by atoms with E-state index < -0.39 is 5.91 Å². The smallest absolute Gasteiger partial charge is 0.268 e. The van der Waals surface area contributed by atoms with E-state index >= 15 is 0 Å². The number of amides is 1. The van der Waals surface area contributed by atoms with Crippen LogP contribution in [0.15, 0.2) is 10.7 Å². The minimum atomic E-state index is -0.528. The van der Waals surface area contributed by atoms with Gasteiger partial charge >= 0.3 is 0 Å². The first-order chi connectivity index (χ1) is 11.6. The highest BCUT2D eigenvalue weighted by molar-refractivity contribution is 9.10. The maximum atomic E-state index is 11.7. The topological polar surface area (TPSA) is 87.0 Å². The Morgan fingerprint density at radius 2 is 2.33 bits per heavy atom. The Morgan fingerprint density at radius 1 is 1.50 bits per heavy atom. The summed E-state index contributed by atoms with van der Waals surface area (Å²) < 4.78 is 0.668. The van der Waals surface area contributed by atoms with Crippen LogP contribution in [-0.2, 0) is 0 Å². The molecule has 4 N–H and O–H groups in total. The molecule has 1 aliphatic heterocycles. The van der Waals surface area contributed by atoms with E-state index in [1.54, 1.807) is 6.20 Å². The van der Waals surface area contributed by atoms with Crippen molar-refractivity contribution in [3.63, 3.8) is 0 Å². The molecule has 1 atom stereocenters. The molecule has 2 aromatic rings. The molecule has 4 rings (SSSR count). The number of carbonyl (C=O) groups excluding carboxylic acids is 1. The Morgan fingerprint density at radius 3 is 3.08 bits per heavy atom. The van der Waals surface area contributed by atoms with Gasteiger partial charge in [-0.25, -0.2) is 4.98 Å². The lowest BCUT2D eigenvalue weighted by molar-refractivity contribution is 0.0995. The number of nitrogens with zero attached hydrogens (tertiary/aromatic N) is 2. The molecule has 2 aliphatic rings. The van der Waals surface area contributed by atoms with Gasteiger partial charge in [-0.3, -0.25) is 4.79 Å². The lowest BCUT2D eigenvalue weighted by Crippen LogP contribution is -2.46. The van der Waals surface area contributed by atoms with Crippen LogP contribution in [0.2, 0.25) is 0 Å². The van der Waals surface area contributed by atoms with E-state index in [1.807, 2.05) is 0 Å². The number of rotatable bonds is 5. The maximum absolute atomic E-state index is 11.7. The first-order valence-electron chi connectivity index (χ1n) is 8.50. The molecular formula is C17H21BrN5O. The Bertz CT molecular complexity index is 770. The number of piperidine rings is 1. The van der Waals surface area contributed by atoms with Gasteiger partial charge in [-0.2, -0.15) is 0 Å². The lowest BCUT2D eigenvalue weighted by Gasteiger charge is -2.36. The molecule has 1 aliphatic carbocycles. The molecule has 0 spiro atoms. The summed E-state index contributed by atoms with van der Waals surface area (Å²) in [5.41, 5.74) is 7.38. The van der Waals surface area contributed by atoms with Gasteiger partial charge in [-0.1, -0.05) is 0 Å². The summed E-state index contributed by atoms with van der Waals surface area (Å²) in [6.07, 6.45) is 6.76. The fourth-order valence-electron chi connectivity index (χ4n) is 3.43. The number of H-pyrrole nitrogens is 1. The van der Waals surface area contributed by atoms with Crippen LogP contribution in [0.1, 0.15) is 36.2 Å². The van der Waals surface area contributed by atoms with Crippen LogP contribution in [-0.4, -0.2) is 41.6 Å². The summed E-state index contributed by atoms with van der Waals surface area (Å²) in [5.74, 6) is 0.347. The molecule has 24 heavy (non-hydrogen) atoms. The molecule has 0 bridgehead atoms. The second-order valence-electron chi connectivity index (χ2n) is 6.78. The first kappa shape index (κ1) is 15.9. The van der Waals surface area contributed by atoms with E-state index in [-0.39, 0.29) is 5.69 Å². The Hall–Kier alpha value is -1.60. The number of nitrogens with two attached hydrogens (primary N) is 1. The molecule has 0 unspecified atom stereocenters. The van der Waals surface area contributed by atoms with Gasteiger partial charge in [0.15, 0.2) is 0 Å². The summed E-state index contributed by atoms with van der Waals surface area (Å²) in [5, 5.41) is 4.60. The molecule has 1 radical (unpaired) electrons. The number of primary amides is 1. The largest absolute Gasteiger partial charge is 0.368 e. The second-order valence-corrected chi connectivity index (χ2v) is 7.57. The summed E-state index contributed by atoms with van der Waals surface area (Å²) in [7, 11) is 0. The molecule has 127 valence electrons. The number of nitrogens with one attached hydrogen (secondary N) is 2. The minimum Gasteiger partial charge on any atom is -0.368 e. The van der Waals surface area contributed by atoms with Gasteiger partial charge < -0.3 is 20.9 Å². The molecule has 3 heterocycles. The number of aromatic amines is 1. The second kappa shape index (κ2) is 6.37. The van der Waals surface area contributed by atoms with Gasteiger partial charge in [0.2, 0.25) is 0 Å². The van der Waals surface area contributed by atoms with E-state index in [9.17, 15) is 4.79 Å². The van der Waals surface area contributed by atoms with Gasteiger partial charge in [0.05, 0.1) is 15.5 Å². The van der Waals surface area contributed by atoms with E-state index in [0.717, 1.165) is 43.0 Å². The normalized spacial score (nSPS) is 21.4. The average molecular weight is 391 g/mol. The fraction of sp³-hybridized carbons (Fsp3) is 0.529. The van der Waals surface area contributed by atoms with Crippen molar-refractivity contribution in [3.8, 4) is 0 Å². The highest BCUT2D eigenvalue weighted by Crippen LogP contribution is 2.37. The molecule has 6 nitrogen and oxygen atoms in total. The van der Waals surface area contributed by atoms with E-state index in [2.05, 4.69) is 42.2 Å². The van der Waals surface area contributed by atoms with Crippen LogP contribution >= 0.6 is 15.9 Å². The number of pyridine rings is 1. The van der Waals surface area contributed by atoms with Gasteiger partial charge in [0.25, 0.3) is 5.91 Å². The van der Waals surface area contributed by atoms with Crippen molar-refractivity contribution < 1.29 is 4.79 Å². The highest BCUT2D eigenvalue weighted by atomic mass is 79.9. The molecule has 2 aromatic heterocycles. The van der Waals surface area contributed by atoms with E-state index in [1.165, 1.54) is 19.3 Å². The van der Waals surface area contributed by atoms with Crippen molar-refractivity contribution in [2.75, 3.05) is 24.5 Å². The van der Waals surface area contributed by atoms with Crippen LogP contribution < -0.4 is 16.0 Å². The van der Waals surface area contributed by atoms with Crippen molar-refractivity contribution in [1.82, 2.24) is 15.3 Å². The van der Waals surface area contributed by atoms with Crippen LogP contribution in [0.4, 0.5) is 5.69 Å². The Kier molecular flexibility index (Phi) is 4.22. The van der Waals surface area contributed by atoms with Gasteiger partial charge in [-0.15, -0.1) is 0 Å². The molecule has 7 heteroatoms. The molecule has 1 saturated carbocycles. The first-order valence-corrected chi connectivity index (χ1v) is 9.29. The quantitative estimate of drug-likeness (QED) is 0.729. The van der Waals surface area contributed by atoms with Gasteiger partial charge in [-0.05, 0) is 54.1 Å². The zero-order valence-electron chi connectivity index (χ0n) is 13.4. The monoisotopic (exact) mass is 390 g/mol. The fourth-order valence-corrected chi connectivity index (χ4v) is 4.16. The molecule has 0 aromatic carbocycles. The third kappa shape index (κ3) is 3.02. The highest BCUT2D eigenvalue weighted by Gasteiger charge is 2.28. The number of anilines is 1. The minimum absolute atomic E-state index is 0.265. The van der Waals surface area contributed by atoms with Crippen LogP contribution in [0.5, 0.6) is 0 Å². The Labute approximate surface area is 149 Å². The van der Waals surface area contributed by atoms with E-state index in [4.69, 9.17) is 5.73 Å². The molecule has 1 saturated heterocycles. The number of fused-ring (bicyclic) bond motifs is 1. The average Bonchev–Trinajstić information content (AvgIpc) is 3.29. The zero-order chi connectivity index (χ0) is 16.7. The summed E-state index contributed by atoms with van der Waals surface area (Å²) >= 11 is 3.56. The number of carbonyl (C=O) groups is 1. The molecule has 1 amide bonds. The van der Waals surface area contributed by atoms with Crippen molar-refractivity contribution in [1.29, 1.82) is 0 Å². The predicted molar refractivity (Wildman–Crippen MR) is 97.1 cm³/mol. The number of hydrogen-bond acceptors (Lipinski definition) is 4. The van der Waals surface area contributed by atoms with Crippen molar-refractivity contribution >= 4 is 38.6 Å². The molecule has 2 fully saturated rings. The summed E-state index contributed by atoms with van der Waals surface area (Å²) in [4.78, 5) is 21.4. The maximum Gasteiger partial charge on any atom is 0.268 e. The number of aromatic nitrogens is 2. The Balaban J connectivity index is 1.65. The standard InChI is InChI=1S/C17H21BrN5O/c18-13-14(16(19)24)22-17-12(5-6-20-17)15(13)23-7-1-2-11(9-23)21-8-10-3-4-10/h6,10-11,21H,1-4,7-9H2,(H2,19,24)(H,20,22)/t11-/m1/s1. The summed E-state index contributed by atoms with van der Waals surface area (Å²) in [6, 6.07) is 3.68. The SMILES string of the molecule is NC(=O)c1nc2[nH]c[c]c2c(N2CCC[C@@H](NCC3CC3)C2)c1Br. The van der Waals surface area contributed by atoms with Gasteiger partial charge in [0, 0.05) is 31.4 Å².